The maximum absolute atomic E-state index is 12.8. The number of hydrogen-bond donors (Lipinski definition) is 2. The molecule has 1 aliphatic heterocycles. The van der Waals surface area contributed by atoms with Gasteiger partial charge in [-0.1, -0.05) is 25.7 Å². The van der Waals surface area contributed by atoms with Crippen molar-refractivity contribution in [3.63, 3.8) is 0 Å². The molecule has 1 aromatic rings. The monoisotopic (exact) mass is 413 g/mol. The first-order chi connectivity index (χ1) is 13.0. The number of amides is 2. The maximum atomic E-state index is 12.8. The van der Waals surface area contributed by atoms with E-state index in [1.807, 2.05) is 0 Å². The third-order valence-electron chi connectivity index (χ3n) is 5.15. The van der Waals surface area contributed by atoms with Crippen molar-refractivity contribution in [1.82, 2.24) is 14.9 Å². The van der Waals surface area contributed by atoms with Crippen molar-refractivity contribution >= 4 is 33.2 Å². The molecule has 7 nitrogen and oxygen atoms in total. The number of nitrogens with zero attached hydrogens (tertiary/aromatic N) is 1. The van der Waals surface area contributed by atoms with Gasteiger partial charge in [-0.25, -0.2) is 8.42 Å². The minimum absolute atomic E-state index is 0.0413. The van der Waals surface area contributed by atoms with Gasteiger partial charge in [-0.05, 0) is 37.1 Å². The molecule has 2 aliphatic rings. The first-order valence-corrected chi connectivity index (χ1v) is 12.0. The van der Waals surface area contributed by atoms with E-state index in [4.69, 9.17) is 0 Å². The van der Waals surface area contributed by atoms with Gasteiger partial charge in [-0.3, -0.25) is 9.59 Å². The fourth-order valence-corrected chi connectivity index (χ4v) is 6.51. The van der Waals surface area contributed by atoms with Crippen LogP contribution in [0.4, 0.5) is 0 Å². The number of thiophene rings is 1. The number of sulfonamides is 1. The van der Waals surface area contributed by atoms with Crippen LogP contribution in [-0.2, 0) is 14.8 Å². The fraction of sp³-hybridized carbons (Fsp3) is 0.667. The highest BCUT2D eigenvalue weighted by Gasteiger charge is 2.31. The molecular weight excluding hydrogens is 386 g/mol. The summed E-state index contributed by atoms with van der Waals surface area (Å²) in [6.45, 7) is 0.836. The van der Waals surface area contributed by atoms with Gasteiger partial charge in [0.1, 0.15) is 9.77 Å². The second kappa shape index (κ2) is 9.16. The Hall–Kier alpha value is -1.45. The lowest BCUT2D eigenvalue weighted by Crippen LogP contribution is -2.43. The van der Waals surface area contributed by atoms with Gasteiger partial charge in [0.25, 0.3) is 5.91 Å². The molecule has 0 spiro atoms. The van der Waals surface area contributed by atoms with Crippen molar-refractivity contribution in [2.45, 2.75) is 62.3 Å². The lowest BCUT2D eigenvalue weighted by molar-refractivity contribution is -0.121. The predicted octanol–water partition coefficient (Wildman–Crippen LogP) is 2.10. The minimum atomic E-state index is -3.67. The molecule has 1 aromatic heterocycles. The molecule has 27 heavy (non-hydrogen) atoms. The quantitative estimate of drug-likeness (QED) is 0.747. The summed E-state index contributed by atoms with van der Waals surface area (Å²) < 4.78 is 27.1. The summed E-state index contributed by atoms with van der Waals surface area (Å²) >= 11 is 1.09. The van der Waals surface area contributed by atoms with Crippen LogP contribution >= 0.6 is 11.3 Å². The van der Waals surface area contributed by atoms with Gasteiger partial charge in [0.2, 0.25) is 15.9 Å². The molecule has 2 amide bonds. The van der Waals surface area contributed by atoms with E-state index in [9.17, 15) is 18.0 Å². The molecule has 0 aromatic carbocycles. The Labute approximate surface area is 164 Å². The minimum Gasteiger partial charge on any atom is -0.352 e. The van der Waals surface area contributed by atoms with E-state index in [1.54, 1.807) is 5.38 Å². The fourth-order valence-electron chi connectivity index (χ4n) is 3.68. The second-order valence-electron chi connectivity index (χ2n) is 7.16. The summed E-state index contributed by atoms with van der Waals surface area (Å²) in [6.07, 6.45) is 8.09. The van der Waals surface area contributed by atoms with E-state index in [0.29, 0.717) is 13.1 Å². The van der Waals surface area contributed by atoms with Gasteiger partial charge in [-0.2, -0.15) is 4.31 Å². The first-order valence-electron chi connectivity index (χ1n) is 9.63. The second-order valence-corrected chi connectivity index (χ2v) is 9.99. The topological polar surface area (TPSA) is 95.6 Å². The third-order valence-corrected chi connectivity index (χ3v) is 8.13. The van der Waals surface area contributed by atoms with E-state index >= 15 is 0 Å². The molecule has 150 valence electrons. The molecule has 9 heteroatoms. The summed E-state index contributed by atoms with van der Waals surface area (Å²) in [5, 5.41) is 7.11. The number of hydrogen-bond acceptors (Lipinski definition) is 5. The van der Waals surface area contributed by atoms with Crippen LogP contribution in [0.5, 0.6) is 0 Å². The highest BCUT2D eigenvalue weighted by molar-refractivity contribution is 7.89. The van der Waals surface area contributed by atoms with Crippen molar-refractivity contribution in [3.05, 3.63) is 16.3 Å². The molecular formula is C18H27N3O4S2. The summed E-state index contributed by atoms with van der Waals surface area (Å²) in [4.78, 5) is 24.7. The van der Waals surface area contributed by atoms with Crippen LogP contribution in [0.25, 0.3) is 0 Å². The molecule has 1 saturated heterocycles. The molecule has 3 rings (SSSR count). The Morgan fingerprint density at radius 1 is 1.07 bits per heavy atom. The Bertz CT molecular complexity index is 763. The average Bonchev–Trinajstić information content (AvgIpc) is 3.18. The number of rotatable bonds is 6. The van der Waals surface area contributed by atoms with Gasteiger partial charge in [-0.15, -0.1) is 11.3 Å². The Morgan fingerprint density at radius 3 is 2.44 bits per heavy atom. The zero-order valence-corrected chi connectivity index (χ0v) is 17.0. The molecule has 1 aliphatic carbocycles. The first kappa shape index (κ1) is 20.3. The molecule has 2 heterocycles. The normalized spacial score (nSPS) is 19.6. The Balaban J connectivity index is 1.59. The van der Waals surface area contributed by atoms with E-state index in [-0.39, 0.29) is 28.3 Å². The van der Waals surface area contributed by atoms with Crippen LogP contribution in [0, 0.1) is 0 Å². The van der Waals surface area contributed by atoms with E-state index in [2.05, 4.69) is 10.6 Å². The van der Waals surface area contributed by atoms with Crippen molar-refractivity contribution in [2.24, 2.45) is 0 Å². The van der Waals surface area contributed by atoms with Crippen LogP contribution in [0.15, 0.2) is 16.3 Å². The summed E-state index contributed by atoms with van der Waals surface area (Å²) in [7, 11) is -3.67. The Kier molecular flexibility index (Phi) is 6.88. The molecule has 0 radical (unpaired) electrons. The zero-order chi connectivity index (χ0) is 19.3. The maximum Gasteiger partial charge on any atom is 0.263 e. The third kappa shape index (κ3) is 5.08. The zero-order valence-electron chi connectivity index (χ0n) is 15.4. The van der Waals surface area contributed by atoms with Gasteiger partial charge in [0.05, 0.1) is 6.54 Å². The highest BCUT2D eigenvalue weighted by Crippen LogP contribution is 2.27. The van der Waals surface area contributed by atoms with Crippen LogP contribution in [0.2, 0.25) is 0 Å². The molecule has 2 fully saturated rings. The van der Waals surface area contributed by atoms with Crippen molar-refractivity contribution in [2.75, 3.05) is 19.6 Å². The smallest absolute Gasteiger partial charge is 0.263 e. The van der Waals surface area contributed by atoms with E-state index < -0.39 is 15.9 Å². The van der Waals surface area contributed by atoms with Crippen LogP contribution < -0.4 is 10.6 Å². The number of nitrogens with one attached hydrogen (secondary N) is 2. The summed E-state index contributed by atoms with van der Waals surface area (Å²) in [6, 6.07) is 1.66. The van der Waals surface area contributed by atoms with Crippen LogP contribution in [0.3, 0.4) is 0 Å². The summed E-state index contributed by atoms with van der Waals surface area (Å²) in [5.74, 6) is -0.744. The van der Waals surface area contributed by atoms with Crippen LogP contribution in [0.1, 0.15) is 61.0 Å². The molecule has 0 bridgehead atoms. The molecule has 0 atom stereocenters. The molecule has 1 saturated carbocycles. The predicted molar refractivity (Wildman–Crippen MR) is 104 cm³/mol. The van der Waals surface area contributed by atoms with Crippen molar-refractivity contribution in [1.29, 1.82) is 0 Å². The average molecular weight is 414 g/mol. The van der Waals surface area contributed by atoms with Crippen molar-refractivity contribution < 1.29 is 18.0 Å². The number of carbonyl (C=O) groups excluding carboxylic acids is 2. The number of piperidine rings is 1. The van der Waals surface area contributed by atoms with Crippen molar-refractivity contribution in [3.8, 4) is 0 Å². The summed E-state index contributed by atoms with van der Waals surface area (Å²) in [5.41, 5.74) is 0. The molecule has 0 unspecified atom stereocenters. The lowest BCUT2D eigenvalue weighted by Gasteiger charge is -2.25. The van der Waals surface area contributed by atoms with E-state index in [1.165, 1.54) is 16.8 Å². The van der Waals surface area contributed by atoms with Gasteiger partial charge in [0, 0.05) is 19.1 Å². The lowest BCUT2D eigenvalue weighted by atomic mass is 9.95. The van der Waals surface area contributed by atoms with Gasteiger partial charge in [0.15, 0.2) is 0 Å². The van der Waals surface area contributed by atoms with Gasteiger partial charge < -0.3 is 10.6 Å². The SMILES string of the molecule is O=C(CNC(=O)c1sccc1S(=O)(=O)N1CCCCC1)NC1CCCCC1. The molecule has 2 N–H and O–H groups in total. The largest absolute Gasteiger partial charge is 0.352 e. The number of carbonyl (C=O) groups is 2. The van der Waals surface area contributed by atoms with Gasteiger partial charge >= 0.3 is 0 Å². The van der Waals surface area contributed by atoms with E-state index in [0.717, 1.165) is 56.3 Å². The Morgan fingerprint density at radius 2 is 1.74 bits per heavy atom. The van der Waals surface area contributed by atoms with Crippen LogP contribution in [-0.4, -0.2) is 50.2 Å². The standard InChI is InChI=1S/C18H27N3O4S2/c22-16(20-14-7-3-1-4-8-14)13-19-18(23)17-15(9-12-26-17)27(24,25)21-10-5-2-6-11-21/h9,12,14H,1-8,10-11,13H2,(H,19,23)(H,20,22). The highest BCUT2D eigenvalue weighted by atomic mass is 32.2.